The van der Waals surface area contributed by atoms with Gasteiger partial charge in [0.2, 0.25) is 0 Å². The molecule has 7 heteroatoms. The van der Waals surface area contributed by atoms with Gasteiger partial charge in [0.15, 0.2) is 18.0 Å². The average Bonchev–Trinajstić information content (AvgIpc) is 2.89. The van der Waals surface area contributed by atoms with Gasteiger partial charge in [-0.1, -0.05) is 23.2 Å². The van der Waals surface area contributed by atoms with Crippen molar-refractivity contribution in [2.24, 2.45) is 0 Å². The monoisotopic (exact) mass is 349 g/mol. The van der Waals surface area contributed by atoms with Gasteiger partial charge in [0.25, 0.3) is 5.91 Å². The number of pyridine rings is 1. The number of ether oxygens (including phenoxy) is 1. The third kappa shape index (κ3) is 3.57. The van der Waals surface area contributed by atoms with Gasteiger partial charge in [-0.25, -0.2) is 4.98 Å². The first-order valence-electron chi connectivity index (χ1n) is 6.85. The number of hydrogen-bond acceptors (Lipinski definition) is 3. The zero-order chi connectivity index (χ0) is 16.4. The van der Waals surface area contributed by atoms with E-state index in [0.29, 0.717) is 27.1 Å². The lowest BCUT2D eigenvalue weighted by molar-refractivity contribution is -0.118. The average molecular weight is 350 g/mol. The van der Waals surface area contributed by atoms with Gasteiger partial charge in [0.05, 0.1) is 15.7 Å². The molecule has 0 unspecified atom stereocenters. The zero-order valence-corrected chi connectivity index (χ0v) is 13.7. The van der Waals surface area contributed by atoms with Crippen molar-refractivity contribution >= 4 is 40.4 Å². The van der Waals surface area contributed by atoms with Gasteiger partial charge < -0.3 is 14.5 Å². The smallest absolute Gasteiger partial charge is 0.262 e. The van der Waals surface area contributed by atoms with Crippen LogP contribution in [0.15, 0.2) is 42.7 Å². The minimum Gasteiger partial charge on any atom is -0.480 e. The Morgan fingerprint density at radius 3 is 2.91 bits per heavy atom. The molecule has 2 heterocycles. The molecule has 0 spiro atoms. The maximum atomic E-state index is 12.0. The fourth-order valence-corrected chi connectivity index (χ4v) is 2.43. The zero-order valence-electron chi connectivity index (χ0n) is 12.2. The number of hydrogen-bond donors (Lipinski definition) is 1. The van der Waals surface area contributed by atoms with Crippen LogP contribution in [0.2, 0.25) is 10.0 Å². The fraction of sp³-hybridized carbons (Fsp3) is 0.125. The van der Waals surface area contributed by atoms with Crippen LogP contribution in [0.3, 0.4) is 0 Å². The number of aryl methyl sites for hydroxylation is 1. The van der Waals surface area contributed by atoms with Crippen LogP contribution in [0.25, 0.3) is 5.65 Å². The molecule has 5 nitrogen and oxygen atoms in total. The predicted molar refractivity (Wildman–Crippen MR) is 90.5 cm³/mol. The summed E-state index contributed by atoms with van der Waals surface area (Å²) < 4.78 is 7.41. The summed E-state index contributed by atoms with van der Waals surface area (Å²) in [4.78, 5) is 16.4. The summed E-state index contributed by atoms with van der Waals surface area (Å²) in [7, 11) is 0. The number of nitrogens with zero attached hydrogens (tertiary/aromatic N) is 2. The van der Waals surface area contributed by atoms with Gasteiger partial charge >= 0.3 is 0 Å². The van der Waals surface area contributed by atoms with Crippen molar-refractivity contribution in [3.8, 4) is 5.75 Å². The second-order valence-corrected chi connectivity index (χ2v) is 5.77. The normalized spacial score (nSPS) is 10.7. The van der Waals surface area contributed by atoms with E-state index in [1.54, 1.807) is 24.3 Å². The van der Waals surface area contributed by atoms with Gasteiger partial charge in [0.1, 0.15) is 0 Å². The summed E-state index contributed by atoms with van der Waals surface area (Å²) in [6, 6.07) is 8.48. The highest BCUT2D eigenvalue weighted by atomic mass is 35.5. The molecule has 0 aliphatic heterocycles. The van der Waals surface area contributed by atoms with Crippen molar-refractivity contribution in [3.63, 3.8) is 0 Å². The summed E-state index contributed by atoms with van der Waals surface area (Å²) in [5.74, 6) is 0.249. The molecule has 3 rings (SSSR count). The molecule has 0 bridgehead atoms. The molecule has 0 radical (unpaired) electrons. The van der Waals surface area contributed by atoms with E-state index >= 15 is 0 Å². The van der Waals surface area contributed by atoms with Gasteiger partial charge in [-0.05, 0) is 37.3 Å². The summed E-state index contributed by atoms with van der Waals surface area (Å²) in [6.45, 7) is 1.76. The third-order valence-corrected chi connectivity index (χ3v) is 3.87. The molecule has 2 aromatic heterocycles. The van der Waals surface area contributed by atoms with Gasteiger partial charge in [0, 0.05) is 18.1 Å². The number of carbonyl (C=O) groups is 1. The Balaban J connectivity index is 1.67. The van der Waals surface area contributed by atoms with E-state index in [0.717, 1.165) is 5.69 Å². The first-order chi connectivity index (χ1) is 11.0. The maximum absolute atomic E-state index is 12.0. The highest BCUT2D eigenvalue weighted by Crippen LogP contribution is 2.25. The molecule has 0 saturated heterocycles. The summed E-state index contributed by atoms with van der Waals surface area (Å²) in [5.41, 5.74) is 2.11. The number of benzene rings is 1. The van der Waals surface area contributed by atoms with Crippen LogP contribution in [0.5, 0.6) is 5.75 Å². The van der Waals surface area contributed by atoms with Crippen molar-refractivity contribution in [2.75, 3.05) is 11.9 Å². The largest absolute Gasteiger partial charge is 0.480 e. The van der Waals surface area contributed by atoms with E-state index in [1.807, 2.05) is 29.8 Å². The molecule has 3 aromatic rings. The van der Waals surface area contributed by atoms with Crippen molar-refractivity contribution in [3.05, 3.63) is 58.5 Å². The van der Waals surface area contributed by atoms with Gasteiger partial charge in [-0.3, -0.25) is 4.79 Å². The van der Waals surface area contributed by atoms with E-state index in [4.69, 9.17) is 27.9 Å². The quantitative estimate of drug-likeness (QED) is 0.775. The van der Waals surface area contributed by atoms with Gasteiger partial charge in [-0.15, -0.1) is 0 Å². The van der Waals surface area contributed by atoms with Crippen molar-refractivity contribution in [1.29, 1.82) is 0 Å². The van der Waals surface area contributed by atoms with Crippen LogP contribution in [0.4, 0.5) is 5.69 Å². The summed E-state index contributed by atoms with van der Waals surface area (Å²) in [5, 5.41) is 3.51. The van der Waals surface area contributed by atoms with E-state index < -0.39 is 0 Å². The van der Waals surface area contributed by atoms with Crippen LogP contribution < -0.4 is 10.1 Å². The number of imidazole rings is 1. The second kappa shape index (κ2) is 6.48. The number of rotatable bonds is 4. The molecule has 0 fully saturated rings. The third-order valence-electron chi connectivity index (χ3n) is 3.13. The van der Waals surface area contributed by atoms with E-state index in [-0.39, 0.29) is 12.5 Å². The number of anilines is 1. The number of carbonyl (C=O) groups excluding carboxylic acids is 1. The Bertz CT molecular complexity index is 877. The Morgan fingerprint density at radius 1 is 1.30 bits per heavy atom. The molecule has 1 aromatic carbocycles. The molecule has 118 valence electrons. The molecule has 23 heavy (non-hydrogen) atoms. The molecular formula is C16H13Cl2N3O2. The first kappa shape index (κ1) is 15.6. The number of halogens is 2. The lowest BCUT2D eigenvalue weighted by Crippen LogP contribution is -2.20. The molecular weight excluding hydrogens is 337 g/mol. The Kier molecular flexibility index (Phi) is 4.41. The SMILES string of the molecule is Cc1cn2cccc(OCC(=O)Nc3ccc(Cl)c(Cl)c3)c2n1. The fourth-order valence-electron chi connectivity index (χ4n) is 2.14. The van der Waals surface area contributed by atoms with Crippen LogP contribution >= 0.6 is 23.2 Å². The number of aromatic nitrogens is 2. The second-order valence-electron chi connectivity index (χ2n) is 4.95. The lowest BCUT2D eigenvalue weighted by atomic mass is 10.3. The van der Waals surface area contributed by atoms with Crippen molar-refractivity contribution in [2.45, 2.75) is 6.92 Å². The van der Waals surface area contributed by atoms with Crippen LogP contribution in [-0.4, -0.2) is 21.9 Å². The Morgan fingerprint density at radius 2 is 2.13 bits per heavy atom. The van der Waals surface area contributed by atoms with Crippen LogP contribution in [0.1, 0.15) is 5.69 Å². The Labute approximate surface area is 142 Å². The molecule has 1 amide bonds. The maximum Gasteiger partial charge on any atom is 0.262 e. The molecule has 0 aliphatic rings. The Hall–Kier alpha value is -2.24. The predicted octanol–water partition coefficient (Wildman–Crippen LogP) is 3.97. The summed E-state index contributed by atoms with van der Waals surface area (Å²) in [6.07, 6.45) is 3.76. The minimum absolute atomic E-state index is 0.133. The van der Waals surface area contributed by atoms with E-state index in [9.17, 15) is 4.79 Å². The molecule has 0 saturated carbocycles. The number of amides is 1. The number of fused-ring (bicyclic) bond motifs is 1. The minimum atomic E-state index is -0.298. The molecule has 0 aliphatic carbocycles. The number of nitrogens with one attached hydrogen (secondary N) is 1. The first-order valence-corrected chi connectivity index (χ1v) is 7.60. The van der Waals surface area contributed by atoms with Crippen LogP contribution in [0, 0.1) is 6.92 Å². The van der Waals surface area contributed by atoms with Crippen LogP contribution in [-0.2, 0) is 4.79 Å². The topological polar surface area (TPSA) is 55.6 Å². The standard InChI is InChI=1S/C16H13Cl2N3O2/c1-10-8-21-6-2-3-14(16(21)19-10)23-9-15(22)20-11-4-5-12(17)13(18)7-11/h2-8H,9H2,1H3,(H,20,22). The lowest BCUT2D eigenvalue weighted by Gasteiger charge is -2.09. The molecule has 0 atom stereocenters. The summed E-state index contributed by atoms with van der Waals surface area (Å²) >= 11 is 11.7. The van der Waals surface area contributed by atoms with Gasteiger partial charge in [-0.2, -0.15) is 0 Å². The van der Waals surface area contributed by atoms with E-state index in [2.05, 4.69) is 10.3 Å². The molecule has 1 N–H and O–H groups in total. The highest BCUT2D eigenvalue weighted by Gasteiger charge is 2.09. The van der Waals surface area contributed by atoms with E-state index in [1.165, 1.54) is 0 Å². The van der Waals surface area contributed by atoms with Crippen molar-refractivity contribution < 1.29 is 9.53 Å². The highest BCUT2D eigenvalue weighted by molar-refractivity contribution is 6.42. The van der Waals surface area contributed by atoms with Crippen molar-refractivity contribution in [1.82, 2.24) is 9.38 Å².